The summed E-state index contributed by atoms with van der Waals surface area (Å²) in [6, 6.07) is 12.0. The predicted octanol–water partition coefficient (Wildman–Crippen LogP) is 7.56. The lowest BCUT2D eigenvalue weighted by atomic mass is 10.2. The Morgan fingerprint density at radius 2 is 1.91 bits per heavy atom. The van der Waals surface area contributed by atoms with Crippen LogP contribution in [0.2, 0.25) is 5.02 Å². The van der Waals surface area contributed by atoms with Gasteiger partial charge in [0.05, 0.1) is 22.2 Å². The third kappa shape index (κ3) is 7.15. The van der Waals surface area contributed by atoms with Crippen molar-refractivity contribution in [2.75, 3.05) is 18.1 Å². The van der Waals surface area contributed by atoms with Gasteiger partial charge in [-0.3, -0.25) is 0 Å². The van der Waals surface area contributed by atoms with Crippen LogP contribution in [0.5, 0.6) is 0 Å². The topological polar surface area (TPSA) is 102 Å². The number of rotatable bonds is 11. The third-order valence-electron chi connectivity index (χ3n) is 4.84. The second-order valence-electron chi connectivity index (χ2n) is 7.74. The van der Waals surface area contributed by atoms with E-state index in [-0.39, 0.29) is 22.8 Å². The van der Waals surface area contributed by atoms with E-state index in [9.17, 15) is 15.3 Å². The molecule has 0 fully saturated rings. The van der Waals surface area contributed by atoms with Gasteiger partial charge in [-0.2, -0.15) is 10.5 Å². The molecule has 0 saturated carbocycles. The highest BCUT2D eigenvalue weighted by atomic mass is 35.5. The lowest BCUT2D eigenvalue weighted by Crippen LogP contribution is -2.31. The number of benzene rings is 1. The number of unbranched alkanes of at least 4 members (excludes halogenated alkanes) is 1. The number of azo groups is 1. The Morgan fingerprint density at radius 1 is 1.21 bits per heavy atom. The molecule has 0 aliphatic rings. The number of nitriles is 2. The molecule has 0 N–H and O–H groups in total. The molecule has 0 radical (unpaired) electrons. The highest BCUT2D eigenvalue weighted by Crippen LogP contribution is 2.40. The summed E-state index contributed by atoms with van der Waals surface area (Å²) in [4.78, 5) is 14.8. The highest BCUT2D eigenvalue weighted by molar-refractivity contribution is 7.17. The van der Waals surface area contributed by atoms with Crippen molar-refractivity contribution in [2.24, 2.45) is 10.2 Å². The van der Waals surface area contributed by atoms with Gasteiger partial charge in [0.1, 0.15) is 23.3 Å². The van der Waals surface area contributed by atoms with Crippen molar-refractivity contribution < 1.29 is 9.53 Å². The Bertz CT molecular complexity index is 1120. The lowest BCUT2D eigenvalue weighted by Gasteiger charge is -2.28. The van der Waals surface area contributed by atoms with Crippen LogP contribution in [-0.4, -0.2) is 25.2 Å². The molecule has 0 atom stereocenters. The van der Waals surface area contributed by atoms with Crippen LogP contribution in [0.1, 0.15) is 57.4 Å². The molecule has 0 amide bonds. The summed E-state index contributed by atoms with van der Waals surface area (Å²) in [5, 5.41) is 27.8. The summed E-state index contributed by atoms with van der Waals surface area (Å²) in [7, 11) is 0. The van der Waals surface area contributed by atoms with Crippen molar-refractivity contribution >= 4 is 51.4 Å². The Balaban J connectivity index is 2.27. The molecule has 1 aromatic heterocycles. The van der Waals surface area contributed by atoms with E-state index in [0.717, 1.165) is 36.4 Å². The van der Waals surface area contributed by atoms with Gasteiger partial charge in [-0.15, -0.1) is 21.6 Å². The Kier molecular flexibility index (Phi) is 10.7. The molecule has 2 rings (SSSR count). The molecule has 2 aromatic rings. The second kappa shape index (κ2) is 13.5. The fraction of sp³-hybridized carbons (Fsp3) is 0.400. The maximum Gasteiger partial charge on any atom is 0.348 e. The maximum atomic E-state index is 12.1. The zero-order valence-electron chi connectivity index (χ0n) is 19.8. The summed E-state index contributed by atoms with van der Waals surface area (Å²) in [6.07, 6.45) is 3.95. The molecule has 0 bridgehead atoms. The fourth-order valence-electron chi connectivity index (χ4n) is 3.07. The molecule has 0 spiro atoms. The first kappa shape index (κ1) is 27.0. The minimum atomic E-state index is -0.722. The summed E-state index contributed by atoms with van der Waals surface area (Å²) < 4.78 is 5.09. The summed E-state index contributed by atoms with van der Waals surface area (Å²) in [5.41, 5.74) is 1.69. The van der Waals surface area contributed by atoms with E-state index < -0.39 is 5.97 Å². The van der Waals surface area contributed by atoms with E-state index in [0.29, 0.717) is 28.0 Å². The second-order valence-corrected chi connectivity index (χ2v) is 9.14. The van der Waals surface area contributed by atoms with Crippen LogP contribution in [0.25, 0.3) is 6.08 Å². The number of hydrogen-bond donors (Lipinski definition) is 0. The average Bonchev–Trinajstić information content (AvgIpc) is 3.13. The molecule has 7 nitrogen and oxygen atoms in total. The molecule has 1 aromatic carbocycles. The monoisotopic (exact) mass is 497 g/mol. The summed E-state index contributed by atoms with van der Waals surface area (Å²) in [5.74, 6) is -0.722. The fourth-order valence-corrected chi connectivity index (χ4v) is 4.34. The van der Waals surface area contributed by atoms with Crippen LogP contribution in [-0.2, 0) is 9.53 Å². The van der Waals surface area contributed by atoms with Gasteiger partial charge >= 0.3 is 5.97 Å². The van der Waals surface area contributed by atoms with E-state index in [1.165, 1.54) is 6.08 Å². The van der Waals surface area contributed by atoms with Crippen LogP contribution in [0.3, 0.4) is 0 Å². The van der Waals surface area contributed by atoms with Crippen LogP contribution >= 0.6 is 22.9 Å². The van der Waals surface area contributed by atoms with E-state index in [1.54, 1.807) is 0 Å². The maximum absolute atomic E-state index is 12.1. The Morgan fingerprint density at radius 3 is 2.47 bits per heavy atom. The lowest BCUT2D eigenvalue weighted by molar-refractivity contribution is -0.138. The molecule has 1 heterocycles. The zero-order chi connectivity index (χ0) is 25.1. The van der Waals surface area contributed by atoms with Gasteiger partial charge in [0.25, 0.3) is 0 Å². The number of carbonyl (C=O) groups is 1. The normalized spacial score (nSPS) is 11.5. The molecule has 0 unspecified atom stereocenters. The molecule has 0 saturated heterocycles. The smallest absolute Gasteiger partial charge is 0.348 e. The molecule has 178 valence electrons. The van der Waals surface area contributed by atoms with Crippen molar-refractivity contribution in [3.8, 4) is 12.1 Å². The average molecular weight is 498 g/mol. The first-order valence-corrected chi connectivity index (χ1v) is 12.3. The SMILES string of the molecule is CCCCOC(=O)C(C#N)=Cc1sc(N=Nc2ccc(N(CCC)C(C)C)cc2)c(C#N)c1Cl. The van der Waals surface area contributed by atoms with Crippen LogP contribution < -0.4 is 4.90 Å². The van der Waals surface area contributed by atoms with Crippen molar-refractivity contribution in [1.29, 1.82) is 10.5 Å². The largest absolute Gasteiger partial charge is 0.462 e. The number of esters is 1. The Labute approximate surface area is 209 Å². The van der Waals surface area contributed by atoms with Gasteiger partial charge in [0.2, 0.25) is 0 Å². The number of halogens is 1. The molecule has 9 heteroatoms. The van der Waals surface area contributed by atoms with Crippen molar-refractivity contribution in [3.63, 3.8) is 0 Å². The number of nitrogens with zero attached hydrogens (tertiary/aromatic N) is 5. The number of thiophene rings is 1. The summed E-state index contributed by atoms with van der Waals surface area (Å²) >= 11 is 7.41. The van der Waals surface area contributed by atoms with Crippen LogP contribution in [0.4, 0.5) is 16.4 Å². The summed E-state index contributed by atoms with van der Waals surface area (Å²) in [6.45, 7) is 9.63. The van der Waals surface area contributed by atoms with E-state index >= 15 is 0 Å². The standard InChI is InChI=1S/C25H28ClN5O2S/c1-5-7-13-33-25(32)18(15-27)14-22-23(26)21(16-28)24(34-22)30-29-19-8-10-20(11-9-19)31(12-6-2)17(3)4/h8-11,14,17H,5-7,12-13H2,1-4H3. The molecule has 0 aliphatic carbocycles. The number of anilines is 1. The number of ether oxygens (including phenoxy) is 1. The quantitative estimate of drug-likeness (QED) is 0.105. The zero-order valence-corrected chi connectivity index (χ0v) is 21.4. The molecular weight excluding hydrogens is 470 g/mol. The number of carbonyl (C=O) groups excluding carboxylic acids is 1. The van der Waals surface area contributed by atoms with Gasteiger partial charge in [-0.05, 0) is 57.0 Å². The van der Waals surface area contributed by atoms with Crippen LogP contribution in [0, 0.1) is 22.7 Å². The van der Waals surface area contributed by atoms with E-state index in [4.69, 9.17) is 16.3 Å². The highest BCUT2D eigenvalue weighted by Gasteiger charge is 2.19. The van der Waals surface area contributed by atoms with Gasteiger partial charge in [0, 0.05) is 18.3 Å². The van der Waals surface area contributed by atoms with Crippen molar-refractivity contribution in [3.05, 3.63) is 45.3 Å². The van der Waals surface area contributed by atoms with E-state index in [1.807, 2.05) is 43.3 Å². The minimum Gasteiger partial charge on any atom is -0.462 e. The number of hydrogen-bond acceptors (Lipinski definition) is 8. The third-order valence-corrected chi connectivity index (χ3v) is 6.37. The van der Waals surface area contributed by atoms with Crippen LogP contribution in [0.15, 0.2) is 40.1 Å². The van der Waals surface area contributed by atoms with E-state index in [2.05, 4.69) is 35.9 Å². The van der Waals surface area contributed by atoms with Gasteiger partial charge < -0.3 is 9.64 Å². The first-order valence-electron chi connectivity index (χ1n) is 11.2. The van der Waals surface area contributed by atoms with Crippen molar-refractivity contribution in [1.82, 2.24) is 0 Å². The Hall–Kier alpha value is -3.20. The van der Waals surface area contributed by atoms with Gasteiger partial charge in [-0.25, -0.2) is 4.79 Å². The molecule has 34 heavy (non-hydrogen) atoms. The van der Waals surface area contributed by atoms with Gasteiger partial charge in [-0.1, -0.05) is 31.9 Å². The van der Waals surface area contributed by atoms with Gasteiger partial charge in [0.15, 0.2) is 5.00 Å². The van der Waals surface area contributed by atoms with Crippen molar-refractivity contribution in [2.45, 2.75) is 53.0 Å². The molecule has 0 aliphatic heterocycles. The first-order chi connectivity index (χ1) is 16.4. The minimum absolute atomic E-state index is 0.123. The predicted molar refractivity (Wildman–Crippen MR) is 137 cm³/mol. The molecular formula is C25H28ClN5O2S.